The molecule has 0 aromatic carbocycles. The van der Waals surface area contributed by atoms with Gasteiger partial charge in [0.15, 0.2) is 0 Å². The molecular weight excluding hydrogens is 318 g/mol. The minimum atomic E-state index is 0.0379. The third-order valence-corrected chi connectivity index (χ3v) is 4.35. The molecule has 0 saturated heterocycles. The number of hydrogen-bond acceptors (Lipinski definition) is 4. The van der Waals surface area contributed by atoms with E-state index in [1.807, 2.05) is 7.05 Å². The molecule has 0 spiro atoms. The zero-order valence-electron chi connectivity index (χ0n) is 16.6. The maximum atomic E-state index is 12.0. The Hall–Kier alpha value is -0.650. The molecule has 0 aliphatic rings. The van der Waals surface area contributed by atoms with Crippen LogP contribution in [0, 0.1) is 0 Å². The SMILES string of the molecule is CCCCCCCCCCCCC(=O)N(C)CCOCCOCCO. The molecule has 25 heavy (non-hydrogen) atoms. The first kappa shape index (κ1) is 24.4. The molecule has 0 aliphatic heterocycles. The third-order valence-electron chi connectivity index (χ3n) is 4.35. The van der Waals surface area contributed by atoms with Crippen LogP contribution in [0.5, 0.6) is 0 Å². The molecule has 5 nitrogen and oxygen atoms in total. The van der Waals surface area contributed by atoms with Crippen molar-refractivity contribution < 1.29 is 19.4 Å². The number of amides is 1. The van der Waals surface area contributed by atoms with Crippen molar-refractivity contribution in [2.24, 2.45) is 0 Å². The first-order valence-corrected chi connectivity index (χ1v) is 10.2. The second-order valence-electron chi connectivity index (χ2n) is 6.70. The van der Waals surface area contributed by atoms with Crippen LogP contribution in [0.3, 0.4) is 0 Å². The number of likely N-dealkylation sites (N-methyl/N-ethyl adjacent to an activating group) is 1. The summed E-state index contributed by atoms with van der Waals surface area (Å²) in [5.74, 6) is 0.208. The van der Waals surface area contributed by atoms with Crippen molar-refractivity contribution in [3.63, 3.8) is 0 Å². The van der Waals surface area contributed by atoms with Crippen LogP contribution in [-0.4, -0.2) is 62.5 Å². The van der Waals surface area contributed by atoms with Crippen molar-refractivity contribution in [1.29, 1.82) is 0 Å². The molecule has 0 fully saturated rings. The molecule has 0 aromatic rings. The largest absolute Gasteiger partial charge is 0.394 e. The maximum absolute atomic E-state index is 12.0. The van der Waals surface area contributed by atoms with Crippen LogP contribution in [0.2, 0.25) is 0 Å². The Balaban J connectivity index is 3.32. The summed E-state index contributed by atoms with van der Waals surface area (Å²) < 4.78 is 10.5. The van der Waals surface area contributed by atoms with Crippen LogP contribution < -0.4 is 0 Å². The normalized spacial score (nSPS) is 11.0. The lowest BCUT2D eigenvalue weighted by atomic mass is 10.1. The minimum Gasteiger partial charge on any atom is -0.394 e. The van der Waals surface area contributed by atoms with Gasteiger partial charge in [0, 0.05) is 20.0 Å². The summed E-state index contributed by atoms with van der Waals surface area (Å²) >= 11 is 0. The van der Waals surface area contributed by atoms with E-state index in [4.69, 9.17) is 14.6 Å². The predicted molar refractivity (Wildman–Crippen MR) is 103 cm³/mol. The summed E-state index contributed by atoms with van der Waals surface area (Å²) in [6.45, 7) is 4.77. The van der Waals surface area contributed by atoms with Crippen LogP contribution in [0.4, 0.5) is 0 Å². The van der Waals surface area contributed by atoms with E-state index in [0.29, 0.717) is 39.4 Å². The second-order valence-corrected chi connectivity index (χ2v) is 6.70. The van der Waals surface area contributed by atoms with Crippen LogP contribution in [0.15, 0.2) is 0 Å². The average Bonchev–Trinajstić information content (AvgIpc) is 2.62. The Morgan fingerprint density at radius 1 is 0.800 bits per heavy atom. The Morgan fingerprint density at radius 2 is 1.32 bits per heavy atom. The number of ether oxygens (including phenoxy) is 2. The van der Waals surface area contributed by atoms with E-state index in [9.17, 15) is 4.79 Å². The fraction of sp³-hybridized carbons (Fsp3) is 0.950. The van der Waals surface area contributed by atoms with E-state index in [1.54, 1.807) is 4.90 Å². The fourth-order valence-electron chi connectivity index (χ4n) is 2.67. The third kappa shape index (κ3) is 18.0. The summed E-state index contributed by atoms with van der Waals surface area (Å²) in [6, 6.07) is 0. The fourth-order valence-corrected chi connectivity index (χ4v) is 2.67. The van der Waals surface area contributed by atoms with Crippen LogP contribution >= 0.6 is 0 Å². The Kier molecular flexibility index (Phi) is 19.2. The predicted octanol–water partition coefficient (Wildman–Crippen LogP) is 3.78. The van der Waals surface area contributed by atoms with Crippen molar-refractivity contribution in [2.75, 3.05) is 46.6 Å². The molecule has 5 heteroatoms. The van der Waals surface area contributed by atoms with Gasteiger partial charge < -0.3 is 19.5 Å². The Bertz CT molecular complexity index is 287. The number of unbranched alkanes of at least 4 members (excludes halogenated alkanes) is 9. The molecule has 0 saturated carbocycles. The zero-order chi connectivity index (χ0) is 18.6. The van der Waals surface area contributed by atoms with Crippen molar-refractivity contribution >= 4 is 5.91 Å². The van der Waals surface area contributed by atoms with Crippen molar-refractivity contribution in [1.82, 2.24) is 4.90 Å². The summed E-state index contributed by atoms with van der Waals surface area (Å²) in [5.41, 5.74) is 0. The van der Waals surface area contributed by atoms with Gasteiger partial charge in [0.25, 0.3) is 0 Å². The first-order valence-electron chi connectivity index (χ1n) is 10.2. The quantitative estimate of drug-likeness (QED) is 0.357. The molecule has 0 aromatic heterocycles. The summed E-state index contributed by atoms with van der Waals surface area (Å²) in [4.78, 5) is 13.8. The molecule has 0 bridgehead atoms. The van der Waals surface area contributed by atoms with Gasteiger partial charge in [-0.3, -0.25) is 4.79 Å². The monoisotopic (exact) mass is 359 g/mol. The summed E-state index contributed by atoms with van der Waals surface area (Å²) in [7, 11) is 1.84. The molecule has 150 valence electrons. The zero-order valence-corrected chi connectivity index (χ0v) is 16.6. The van der Waals surface area contributed by atoms with Crippen molar-refractivity contribution in [2.45, 2.75) is 77.6 Å². The molecule has 1 N–H and O–H groups in total. The standard InChI is InChI=1S/C20H41NO4/c1-3-4-5-6-7-8-9-10-11-12-13-20(23)21(2)14-16-24-18-19-25-17-15-22/h22H,3-19H2,1-2H3. The highest BCUT2D eigenvalue weighted by Crippen LogP contribution is 2.11. The molecule has 0 radical (unpaired) electrons. The molecular formula is C20H41NO4. The van der Waals surface area contributed by atoms with Crippen LogP contribution in [0.25, 0.3) is 0 Å². The highest BCUT2D eigenvalue weighted by molar-refractivity contribution is 5.75. The molecule has 0 unspecified atom stereocenters. The number of nitrogens with zero attached hydrogens (tertiary/aromatic N) is 1. The van der Waals surface area contributed by atoms with Crippen molar-refractivity contribution in [3.8, 4) is 0 Å². The lowest BCUT2D eigenvalue weighted by Crippen LogP contribution is -2.30. The van der Waals surface area contributed by atoms with Gasteiger partial charge in [-0.15, -0.1) is 0 Å². The van der Waals surface area contributed by atoms with E-state index in [0.717, 1.165) is 12.8 Å². The molecule has 0 aliphatic carbocycles. The summed E-state index contributed by atoms with van der Waals surface area (Å²) in [5, 5.41) is 8.56. The van der Waals surface area contributed by atoms with E-state index in [-0.39, 0.29) is 12.5 Å². The Labute approximate surface area is 155 Å². The maximum Gasteiger partial charge on any atom is 0.222 e. The highest BCUT2D eigenvalue weighted by atomic mass is 16.5. The minimum absolute atomic E-state index is 0.0379. The van der Waals surface area contributed by atoms with E-state index >= 15 is 0 Å². The van der Waals surface area contributed by atoms with Gasteiger partial charge in [-0.25, -0.2) is 0 Å². The number of carbonyl (C=O) groups excluding carboxylic acids is 1. The number of aliphatic hydroxyl groups excluding tert-OH is 1. The van der Waals surface area contributed by atoms with E-state index in [1.165, 1.54) is 51.4 Å². The molecule has 1 amide bonds. The second kappa shape index (κ2) is 19.7. The number of aliphatic hydroxyl groups is 1. The van der Waals surface area contributed by atoms with Crippen LogP contribution in [0.1, 0.15) is 77.6 Å². The molecule has 0 atom stereocenters. The lowest BCUT2D eigenvalue weighted by molar-refractivity contribution is -0.130. The van der Waals surface area contributed by atoms with E-state index < -0.39 is 0 Å². The van der Waals surface area contributed by atoms with Gasteiger partial charge in [0.05, 0.1) is 33.0 Å². The van der Waals surface area contributed by atoms with Gasteiger partial charge in [0.2, 0.25) is 5.91 Å². The van der Waals surface area contributed by atoms with Gasteiger partial charge in [-0.05, 0) is 6.42 Å². The van der Waals surface area contributed by atoms with Gasteiger partial charge in [-0.1, -0.05) is 64.7 Å². The number of rotatable bonds is 19. The summed E-state index contributed by atoms with van der Waals surface area (Å²) in [6.07, 6.45) is 13.5. The molecule has 0 heterocycles. The Morgan fingerprint density at radius 3 is 1.88 bits per heavy atom. The van der Waals surface area contributed by atoms with Gasteiger partial charge in [-0.2, -0.15) is 0 Å². The van der Waals surface area contributed by atoms with Crippen LogP contribution in [-0.2, 0) is 14.3 Å². The average molecular weight is 360 g/mol. The van der Waals surface area contributed by atoms with E-state index in [2.05, 4.69) is 6.92 Å². The smallest absolute Gasteiger partial charge is 0.222 e. The van der Waals surface area contributed by atoms with Crippen molar-refractivity contribution in [3.05, 3.63) is 0 Å². The first-order chi connectivity index (χ1) is 12.2. The topological polar surface area (TPSA) is 59.0 Å². The number of hydrogen-bond donors (Lipinski definition) is 1. The van der Waals surface area contributed by atoms with Gasteiger partial charge >= 0.3 is 0 Å². The van der Waals surface area contributed by atoms with Gasteiger partial charge in [0.1, 0.15) is 0 Å². The lowest BCUT2D eigenvalue weighted by Gasteiger charge is -2.17. The highest BCUT2D eigenvalue weighted by Gasteiger charge is 2.07. The number of carbonyl (C=O) groups is 1. The molecule has 0 rings (SSSR count).